The Labute approximate surface area is 101 Å². The Balaban J connectivity index is 2.12. The Kier molecular flexibility index (Phi) is 2.95. The molecule has 5 heteroatoms. The number of anilines is 1. The molecule has 1 aliphatic rings. The van der Waals surface area contributed by atoms with Crippen LogP contribution in [0, 0.1) is 12.3 Å². The summed E-state index contributed by atoms with van der Waals surface area (Å²) in [4.78, 5) is 8.55. The highest BCUT2D eigenvalue weighted by Crippen LogP contribution is 2.41. The topological polar surface area (TPSA) is 67.3 Å². The molecule has 1 heterocycles. The van der Waals surface area contributed by atoms with Crippen LogP contribution >= 0.6 is 0 Å². The van der Waals surface area contributed by atoms with E-state index in [9.17, 15) is 5.11 Å². The van der Waals surface area contributed by atoms with Crippen LogP contribution in [-0.2, 0) is 0 Å². The smallest absolute Gasteiger partial charge is 0.226 e. The molecule has 0 bridgehead atoms. The Morgan fingerprint density at radius 3 is 2.71 bits per heavy atom. The van der Waals surface area contributed by atoms with Gasteiger partial charge in [0.25, 0.3) is 0 Å². The van der Waals surface area contributed by atoms with Crippen LogP contribution in [0.3, 0.4) is 0 Å². The molecule has 1 aliphatic carbocycles. The quantitative estimate of drug-likeness (QED) is 0.831. The van der Waals surface area contributed by atoms with Gasteiger partial charge in [-0.25, -0.2) is 4.98 Å². The van der Waals surface area contributed by atoms with Gasteiger partial charge in [-0.15, -0.1) is 0 Å². The Morgan fingerprint density at radius 1 is 1.47 bits per heavy atom. The minimum Gasteiger partial charge on any atom is -0.481 e. The largest absolute Gasteiger partial charge is 0.481 e. The van der Waals surface area contributed by atoms with Gasteiger partial charge in [-0.1, -0.05) is 13.8 Å². The molecule has 1 aromatic heterocycles. The van der Waals surface area contributed by atoms with E-state index >= 15 is 0 Å². The van der Waals surface area contributed by atoms with E-state index in [4.69, 9.17) is 4.74 Å². The van der Waals surface area contributed by atoms with Gasteiger partial charge in [0.1, 0.15) is 0 Å². The molecular weight excluding hydrogens is 218 g/mol. The van der Waals surface area contributed by atoms with Gasteiger partial charge in [0.05, 0.1) is 13.2 Å². The zero-order valence-corrected chi connectivity index (χ0v) is 10.7. The molecule has 0 aliphatic heterocycles. The highest BCUT2D eigenvalue weighted by atomic mass is 16.5. The predicted octanol–water partition coefficient (Wildman–Crippen LogP) is 1.36. The van der Waals surface area contributed by atoms with Crippen molar-refractivity contribution >= 4 is 5.95 Å². The van der Waals surface area contributed by atoms with Crippen molar-refractivity contribution in [1.82, 2.24) is 9.97 Å². The highest BCUT2D eigenvalue weighted by Gasteiger charge is 2.47. The molecule has 1 fully saturated rings. The van der Waals surface area contributed by atoms with Gasteiger partial charge in [0.15, 0.2) is 0 Å². The fourth-order valence-corrected chi connectivity index (χ4v) is 2.01. The van der Waals surface area contributed by atoms with Gasteiger partial charge in [-0.2, -0.15) is 4.98 Å². The van der Waals surface area contributed by atoms with E-state index in [1.165, 1.54) is 0 Å². The zero-order valence-electron chi connectivity index (χ0n) is 10.7. The molecular formula is C12H19N3O2. The second kappa shape index (κ2) is 4.14. The second-order valence-electron chi connectivity index (χ2n) is 5.15. The number of aryl methyl sites for hydroxylation is 1. The van der Waals surface area contributed by atoms with E-state index in [0.717, 1.165) is 12.1 Å². The van der Waals surface area contributed by atoms with Crippen molar-refractivity contribution in [1.29, 1.82) is 0 Å². The molecule has 0 radical (unpaired) electrons. The summed E-state index contributed by atoms with van der Waals surface area (Å²) in [5, 5.41) is 12.9. The molecule has 1 aromatic rings. The van der Waals surface area contributed by atoms with Crippen LogP contribution in [0.2, 0.25) is 0 Å². The van der Waals surface area contributed by atoms with Crippen LogP contribution in [0.5, 0.6) is 5.88 Å². The Morgan fingerprint density at radius 2 is 2.18 bits per heavy atom. The third-order valence-electron chi connectivity index (χ3n) is 3.56. The summed E-state index contributed by atoms with van der Waals surface area (Å²) in [6.45, 7) is 5.97. The minimum atomic E-state index is -0.258. The first-order valence-corrected chi connectivity index (χ1v) is 5.77. The molecule has 0 saturated heterocycles. The van der Waals surface area contributed by atoms with Crippen molar-refractivity contribution in [3.05, 3.63) is 11.8 Å². The summed E-state index contributed by atoms with van der Waals surface area (Å²) in [6, 6.07) is 1.98. The number of aliphatic hydroxyl groups excluding tert-OH is 1. The maximum Gasteiger partial charge on any atom is 0.226 e. The SMILES string of the molecule is COc1cc(C)nc(NC2CC(O)C2(C)C)n1. The highest BCUT2D eigenvalue weighted by molar-refractivity contribution is 5.34. The van der Waals surface area contributed by atoms with E-state index in [1.807, 2.05) is 20.8 Å². The number of aromatic nitrogens is 2. The van der Waals surface area contributed by atoms with Crippen LogP contribution in [0.1, 0.15) is 26.0 Å². The molecule has 2 unspecified atom stereocenters. The van der Waals surface area contributed by atoms with Crippen molar-refractivity contribution in [2.45, 2.75) is 39.3 Å². The number of hydrogen-bond donors (Lipinski definition) is 2. The summed E-state index contributed by atoms with van der Waals surface area (Å²) in [5.74, 6) is 1.12. The minimum absolute atomic E-state index is 0.139. The average Bonchev–Trinajstić information content (AvgIpc) is 2.28. The van der Waals surface area contributed by atoms with Crippen LogP contribution < -0.4 is 10.1 Å². The van der Waals surface area contributed by atoms with Crippen LogP contribution in [0.15, 0.2) is 6.07 Å². The first-order chi connectivity index (χ1) is 7.93. The number of aliphatic hydroxyl groups is 1. The van der Waals surface area contributed by atoms with Gasteiger partial charge in [0, 0.05) is 23.2 Å². The molecule has 0 amide bonds. The van der Waals surface area contributed by atoms with Crippen molar-refractivity contribution in [2.24, 2.45) is 5.41 Å². The third-order valence-corrected chi connectivity index (χ3v) is 3.56. The van der Waals surface area contributed by atoms with E-state index < -0.39 is 0 Å². The predicted molar refractivity (Wildman–Crippen MR) is 65.1 cm³/mol. The van der Waals surface area contributed by atoms with Gasteiger partial charge in [-0.05, 0) is 13.3 Å². The van der Waals surface area contributed by atoms with Crippen molar-refractivity contribution in [2.75, 3.05) is 12.4 Å². The second-order valence-corrected chi connectivity index (χ2v) is 5.15. The first-order valence-electron chi connectivity index (χ1n) is 5.77. The van der Waals surface area contributed by atoms with Gasteiger partial charge in [-0.3, -0.25) is 0 Å². The Bertz CT molecular complexity index is 420. The van der Waals surface area contributed by atoms with Crippen molar-refractivity contribution in [3.63, 3.8) is 0 Å². The molecule has 2 rings (SSSR count). The molecule has 17 heavy (non-hydrogen) atoms. The fourth-order valence-electron chi connectivity index (χ4n) is 2.01. The number of nitrogens with one attached hydrogen (secondary N) is 1. The molecule has 5 nitrogen and oxygen atoms in total. The maximum atomic E-state index is 9.67. The fraction of sp³-hybridized carbons (Fsp3) is 0.667. The van der Waals surface area contributed by atoms with Gasteiger partial charge in [0.2, 0.25) is 11.8 Å². The lowest BCUT2D eigenvalue weighted by atomic mass is 9.65. The van der Waals surface area contributed by atoms with E-state index in [1.54, 1.807) is 13.2 Å². The molecule has 2 N–H and O–H groups in total. The summed E-state index contributed by atoms with van der Waals surface area (Å²) >= 11 is 0. The normalized spacial score (nSPS) is 26.2. The molecule has 2 atom stereocenters. The zero-order chi connectivity index (χ0) is 12.6. The lowest BCUT2D eigenvalue weighted by molar-refractivity contribution is -0.0513. The van der Waals surface area contributed by atoms with Crippen LogP contribution in [0.4, 0.5) is 5.95 Å². The molecule has 94 valence electrons. The van der Waals surface area contributed by atoms with Crippen molar-refractivity contribution < 1.29 is 9.84 Å². The summed E-state index contributed by atoms with van der Waals surface area (Å²) in [7, 11) is 1.59. The number of methoxy groups -OCH3 is 1. The Hall–Kier alpha value is -1.36. The monoisotopic (exact) mass is 237 g/mol. The third kappa shape index (κ3) is 2.20. The maximum absolute atomic E-state index is 9.67. The standard InChI is InChI=1S/C12H19N3O2/c1-7-5-10(17-4)15-11(13-7)14-8-6-9(16)12(8,2)3/h5,8-9,16H,6H2,1-4H3,(H,13,14,15). The number of nitrogens with zero attached hydrogens (tertiary/aromatic N) is 2. The molecule has 1 saturated carbocycles. The van der Waals surface area contributed by atoms with E-state index in [-0.39, 0.29) is 17.6 Å². The van der Waals surface area contributed by atoms with Gasteiger partial charge < -0.3 is 15.2 Å². The summed E-state index contributed by atoms with van der Waals surface area (Å²) in [5.41, 5.74) is 0.720. The van der Waals surface area contributed by atoms with E-state index in [0.29, 0.717) is 11.8 Å². The number of ether oxygens (including phenoxy) is 1. The number of hydrogen-bond acceptors (Lipinski definition) is 5. The van der Waals surface area contributed by atoms with Gasteiger partial charge >= 0.3 is 0 Å². The average molecular weight is 237 g/mol. The molecule has 0 spiro atoms. The lowest BCUT2D eigenvalue weighted by Crippen LogP contribution is -2.57. The number of rotatable bonds is 3. The lowest BCUT2D eigenvalue weighted by Gasteiger charge is -2.49. The summed E-state index contributed by atoms with van der Waals surface area (Å²) < 4.78 is 5.10. The van der Waals surface area contributed by atoms with E-state index in [2.05, 4.69) is 15.3 Å². The first kappa shape index (κ1) is 12.1. The van der Waals surface area contributed by atoms with Crippen molar-refractivity contribution in [3.8, 4) is 5.88 Å². The molecule has 0 aromatic carbocycles. The van der Waals surface area contributed by atoms with Crippen LogP contribution in [-0.4, -0.2) is 34.3 Å². The summed E-state index contributed by atoms with van der Waals surface area (Å²) in [6.07, 6.45) is 0.471. The van der Waals surface area contributed by atoms with Crippen LogP contribution in [0.25, 0.3) is 0 Å².